The van der Waals surface area contributed by atoms with E-state index >= 15 is 0 Å². The molecule has 0 saturated heterocycles. The number of nitrogens with two attached hydrogens (primary N) is 1. The van der Waals surface area contributed by atoms with Gasteiger partial charge >= 0.3 is 0 Å². The van der Waals surface area contributed by atoms with Crippen LogP contribution in [0.15, 0.2) is 111 Å². The third kappa shape index (κ3) is 3.67. The van der Waals surface area contributed by atoms with Crippen molar-refractivity contribution in [3.05, 3.63) is 113 Å². The van der Waals surface area contributed by atoms with Gasteiger partial charge in [0.2, 0.25) is 0 Å². The Kier molecular flexibility index (Phi) is 5.14. The van der Waals surface area contributed by atoms with Crippen LogP contribution in [0.5, 0.6) is 0 Å². The zero-order chi connectivity index (χ0) is 21.4. The molecule has 1 aliphatic rings. The molecule has 0 saturated carbocycles. The second-order valence-corrected chi connectivity index (χ2v) is 9.36. The lowest BCUT2D eigenvalue weighted by atomic mass is 9.83. The van der Waals surface area contributed by atoms with E-state index in [1.165, 1.54) is 11.8 Å². The van der Waals surface area contributed by atoms with Crippen molar-refractivity contribution in [3.63, 3.8) is 0 Å². The van der Waals surface area contributed by atoms with Crippen molar-refractivity contribution in [1.82, 2.24) is 0 Å². The minimum Gasteiger partial charge on any atom is -0.397 e. The number of carbonyl (C=O) groups is 2. The third-order valence-corrected chi connectivity index (χ3v) is 7.19. The molecule has 4 aromatic carbocycles. The minimum atomic E-state index is -0.200. The van der Waals surface area contributed by atoms with E-state index < -0.39 is 0 Å². The number of ketones is 2. The fourth-order valence-electron chi connectivity index (χ4n) is 3.62. The van der Waals surface area contributed by atoms with Crippen LogP contribution in [0.3, 0.4) is 0 Å². The average Bonchev–Trinajstić information content (AvgIpc) is 2.80. The van der Waals surface area contributed by atoms with Gasteiger partial charge in [0, 0.05) is 36.3 Å². The van der Waals surface area contributed by atoms with Gasteiger partial charge < -0.3 is 5.73 Å². The molecular weight excluding hydrogens is 422 g/mol. The molecule has 0 amide bonds. The summed E-state index contributed by atoms with van der Waals surface area (Å²) in [6, 6.07) is 28.7. The van der Waals surface area contributed by atoms with Crippen molar-refractivity contribution in [2.45, 2.75) is 19.6 Å². The number of benzene rings is 4. The van der Waals surface area contributed by atoms with Gasteiger partial charge in [-0.25, -0.2) is 0 Å². The van der Waals surface area contributed by atoms with Crippen LogP contribution in [0, 0.1) is 0 Å². The Morgan fingerprint density at radius 3 is 1.84 bits per heavy atom. The first-order valence-corrected chi connectivity index (χ1v) is 11.4. The van der Waals surface area contributed by atoms with E-state index in [0.717, 1.165) is 19.6 Å². The molecule has 31 heavy (non-hydrogen) atoms. The summed E-state index contributed by atoms with van der Waals surface area (Å²) in [7, 11) is 0. The molecule has 0 spiro atoms. The molecule has 2 N–H and O–H groups in total. The summed E-state index contributed by atoms with van der Waals surface area (Å²) in [6.07, 6.45) is 0. The molecule has 5 heteroatoms. The van der Waals surface area contributed by atoms with Gasteiger partial charge in [-0.1, -0.05) is 59.9 Å². The quantitative estimate of drug-likeness (QED) is 0.331. The van der Waals surface area contributed by atoms with Crippen LogP contribution in [-0.2, 0) is 0 Å². The number of fused-ring (bicyclic) bond motifs is 2. The van der Waals surface area contributed by atoms with Crippen molar-refractivity contribution >= 4 is 40.8 Å². The molecular formula is C26H17NO2S2. The van der Waals surface area contributed by atoms with Crippen molar-refractivity contribution in [3.8, 4) is 0 Å². The maximum atomic E-state index is 13.3. The van der Waals surface area contributed by atoms with E-state index in [2.05, 4.69) is 0 Å². The molecule has 1 aliphatic carbocycles. The highest BCUT2D eigenvalue weighted by Crippen LogP contribution is 2.40. The van der Waals surface area contributed by atoms with E-state index in [0.29, 0.717) is 27.9 Å². The predicted molar refractivity (Wildman–Crippen MR) is 125 cm³/mol. The monoisotopic (exact) mass is 439 g/mol. The lowest BCUT2D eigenvalue weighted by Crippen LogP contribution is -2.22. The summed E-state index contributed by atoms with van der Waals surface area (Å²) in [5, 5.41) is 0. The molecule has 0 unspecified atom stereocenters. The SMILES string of the molecule is Nc1c(Sc2ccccc2)ccc2c1C(=O)c1ccc(Sc3ccccc3)cc1C2=O. The predicted octanol–water partition coefficient (Wildman–Crippen LogP) is 6.35. The summed E-state index contributed by atoms with van der Waals surface area (Å²) in [4.78, 5) is 30.3. The number of rotatable bonds is 4. The lowest BCUT2D eigenvalue weighted by Gasteiger charge is -2.21. The van der Waals surface area contributed by atoms with Gasteiger partial charge in [-0.15, -0.1) is 0 Å². The molecule has 0 heterocycles. The molecule has 0 radical (unpaired) electrons. The van der Waals surface area contributed by atoms with Crippen molar-refractivity contribution < 1.29 is 9.59 Å². The Morgan fingerprint density at radius 2 is 1.16 bits per heavy atom. The van der Waals surface area contributed by atoms with Crippen LogP contribution in [0.4, 0.5) is 5.69 Å². The first-order valence-electron chi connectivity index (χ1n) is 9.73. The maximum Gasteiger partial charge on any atom is 0.196 e. The van der Waals surface area contributed by atoms with Crippen LogP contribution in [0.1, 0.15) is 31.8 Å². The van der Waals surface area contributed by atoms with E-state index in [1.807, 2.05) is 72.8 Å². The number of anilines is 1. The normalized spacial score (nSPS) is 12.4. The summed E-state index contributed by atoms with van der Waals surface area (Å²) in [5.41, 5.74) is 8.27. The maximum absolute atomic E-state index is 13.3. The molecule has 0 bridgehead atoms. The summed E-state index contributed by atoms with van der Waals surface area (Å²) in [6.45, 7) is 0. The molecule has 0 atom stereocenters. The van der Waals surface area contributed by atoms with Gasteiger partial charge in [0.1, 0.15) is 0 Å². The van der Waals surface area contributed by atoms with Gasteiger partial charge in [0.25, 0.3) is 0 Å². The smallest absolute Gasteiger partial charge is 0.196 e. The summed E-state index contributed by atoms with van der Waals surface area (Å²) < 4.78 is 0. The molecule has 150 valence electrons. The van der Waals surface area contributed by atoms with E-state index in [1.54, 1.807) is 30.0 Å². The highest BCUT2D eigenvalue weighted by atomic mass is 32.2. The van der Waals surface area contributed by atoms with Crippen LogP contribution in [0.2, 0.25) is 0 Å². The zero-order valence-corrected chi connectivity index (χ0v) is 18.0. The van der Waals surface area contributed by atoms with Crippen molar-refractivity contribution in [1.29, 1.82) is 0 Å². The van der Waals surface area contributed by atoms with Crippen LogP contribution >= 0.6 is 23.5 Å². The van der Waals surface area contributed by atoms with E-state index in [4.69, 9.17) is 5.73 Å². The second kappa shape index (κ2) is 8.10. The second-order valence-electron chi connectivity index (χ2n) is 7.10. The molecule has 3 nitrogen and oxygen atoms in total. The van der Waals surface area contributed by atoms with E-state index in [-0.39, 0.29) is 11.6 Å². The van der Waals surface area contributed by atoms with Crippen LogP contribution < -0.4 is 5.73 Å². The van der Waals surface area contributed by atoms with Gasteiger partial charge in [-0.2, -0.15) is 0 Å². The fraction of sp³-hybridized carbons (Fsp3) is 0. The number of carbonyl (C=O) groups excluding carboxylic acids is 2. The molecule has 4 aromatic rings. The number of nitrogen functional groups attached to an aromatic ring is 1. The van der Waals surface area contributed by atoms with Gasteiger partial charge in [0.05, 0.1) is 11.3 Å². The molecule has 5 rings (SSSR count). The number of hydrogen-bond acceptors (Lipinski definition) is 5. The van der Waals surface area contributed by atoms with Crippen molar-refractivity contribution in [2.24, 2.45) is 0 Å². The van der Waals surface area contributed by atoms with E-state index in [9.17, 15) is 9.59 Å². The average molecular weight is 440 g/mol. The largest absolute Gasteiger partial charge is 0.397 e. The topological polar surface area (TPSA) is 60.2 Å². The first kappa shape index (κ1) is 19.7. The lowest BCUT2D eigenvalue weighted by molar-refractivity contribution is 0.0979. The van der Waals surface area contributed by atoms with Gasteiger partial charge in [-0.05, 0) is 54.6 Å². The Hall–Kier alpha value is -3.28. The Labute approximate surface area is 188 Å². The summed E-state index contributed by atoms with van der Waals surface area (Å²) >= 11 is 3.04. The van der Waals surface area contributed by atoms with Gasteiger partial charge in [0.15, 0.2) is 11.6 Å². The highest BCUT2D eigenvalue weighted by Gasteiger charge is 2.32. The van der Waals surface area contributed by atoms with Crippen molar-refractivity contribution in [2.75, 3.05) is 5.73 Å². The fourth-order valence-corrected chi connectivity index (χ4v) is 5.39. The Bertz CT molecular complexity index is 1320. The molecule has 0 aliphatic heterocycles. The van der Waals surface area contributed by atoms with Crippen LogP contribution in [0.25, 0.3) is 0 Å². The standard InChI is InChI=1S/C26H17NO2S2/c27-24-22(31-17-9-5-2-6-10-17)14-13-20-23(24)26(29)19-12-11-18(15-21(19)25(20)28)30-16-7-3-1-4-8-16/h1-15H,27H2. The highest BCUT2D eigenvalue weighted by molar-refractivity contribution is 7.99. The van der Waals surface area contributed by atoms with Crippen LogP contribution in [-0.4, -0.2) is 11.6 Å². The zero-order valence-electron chi connectivity index (χ0n) is 16.4. The Morgan fingerprint density at radius 1 is 0.548 bits per heavy atom. The molecule has 0 fully saturated rings. The Balaban J connectivity index is 1.52. The summed E-state index contributed by atoms with van der Waals surface area (Å²) in [5.74, 6) is -0.364. The number of hydrogen-bond donors (Lipinski definition) is 1. The molecule has 0 aromatic heterocycles. The minimum absolute atomic E-state index is 0.164. The third-order valence-electron chi connectivity index (χ3n) is 5.11. The van der Waals surface area contributed by atoms with Gasteiger partial charge in [-0.3, -0.25) is 9.59 Å². The first-order chi connectivity index (χ1) is 15.1.